The van der Waals surface area contributed by atoms with Crippen molar-refractivity contribution in [2.24, 2.45) is 0 Å². The van der Waals surface area contributed by atoms with Crippen LogP contribution in [0.2, 0.25) is 5.02 Å². The molecule has 0 bridgehead atoms. The van der Waals surface area contributed by atoms with Crippen LogP contribution in [0.4, 0.5) is 5.69 Å². The number of amides is 1. The number of benzene rings is 2. The fraction of sp³-hybridized carbons (Fsp3) is 0.0714. The molecule has 19 heavy (non-hydrogen) atoms. The molecule has 0 radical (unpaired) electrons. The fourth-order valence-electron chi connectivity index (χ4n) is 1.58. The largest absolute Gasteiger partial charge is 0.378 e. The number of hydrogen-bond acceptors (Lipinski definition) is 2. The molecule has 0 saturated carbocycles. The molecule has 3 nitrogen and oxygen atoms in total. The smallest absolute Gasteiger partial charge is 0.257 e. The number of nitrogens with one attached hydrogen (secondary N) is 1. The number of carbonyl (C=O) groups excluding carboxylic acids is 1. The van der Waals surface area contributed by atoms with Crippen LogP contribution in [0.15, 0.2) is 53.0 Å². The highest BCUT2D eigenvalue weighted by molar-refractivity contribution is 9.10. The predicted molar refractivity (Wildman–Crippen MR) is 79.2 cm³/mol. The predicted octanol–water partition coefficient (Wildman–Crippen LogP) is 3.77. The summed E-state index contributed by atoms with van der Waals surface area (Å²) in [6, 6.07) is 13.8. The van der Waals surface area contributed by atoms with Gasteiger partial charge in [-0.2, -0.15) is 0 Å². The Morgan fingerprint density at radius 1 is 1.21 bits per heavy atom. The van der Waals surface area contributed by atoms with E-state index in [0.29, 0.717) is 20.7 Å². The van der Waals surface area contributed by atoms with E-state index >= 15 is 0 Å². The van der Waals surface area contributed by atoms with Gasteiger partial charge in [-0.25, -0.2) is 0 Å². The first-order valence-corrected chi connectivity index (χ1v) is 6.74. The summed E-state index contributed by atoms with van der Waals surface area (Å²) in [7, 11) is 0. The zero-order valence-electron chi connectivity index (χ0n) is 9.81. The molecule has 0 aliphatic rings. The fourth-order valence-corrected chi connectivity index (χ4v) is 2.10. The van der Waals surface area contributed by atoms with Crippen molar-refractivity contribution < 1.29 is 9.90 Å². The summed E-state index contributed by atoms with van der Waals surface area (Å²) < 4.78 is 0.700. The average Bonchev–Trinajstić information content (AvgIpc) is 2.43. The molecule has 2 aromatic rings. The second kappa shape index (κ2) is 6.19. The molecular weight excluding hydrogens is 330 g/mol. The summed E-state index contributed by atoms with van der Waals surface area (Å²) in [5.74, 6) is -0.505. The van der Waals surface area contributed by atoms with E-state index in [1.54, 1.807) is 42.5 Å². The third-order valence-electron chi connectivity index (χ3n) is 2.55. The SMILES string of the molecule is O=C(Nc1cc(Cl)ccc1Br)C(O)c1ccccc1. The first kappa shape index (κ1) is 14.1. The highest BCUT2D eigenvalue weighted by Crippen LogP contribution is 2.27. The molecule has 0 aliphatic heterocycles. The molecule has 1 amide bonds. The van der Waals surface area contributed by atoms with Gasteiger partial charge in [0.1, 0.15) is 0 Å². The molecular formula is C14H11BrClNO2. The molecule has 2 rings (SSSR count). The Labute approximate surface area is 124 Å². The Morgan fingerprint density at radius 2 is 1.89 bits per heavy atom. The normalized spacial score (nSPS) is 11.9. The van der Waals surface area contributed by atoms with Gasteiger partial charge in [0.05, 0.1) is 5.69 Å². The van der Waals surface area contributed by atoms with Crippen molar-refractivity contribution >= 4 is 39.1 Å². The van der Waals surface area contributed by atoms with Gasteiger partial charge in [0.25, 0.3) is 5.91 Å². The van der Waals surface area contributed by atoms with Crippen LogP contribution < -0.4 is 5.32 Å². The molecule has 0 aliphatic carbocycles. The first-order valence-electron chi connectivity index (χ1n) is 5.57. The van der Waals surface area contributed by atoms with Crippen LogP contribution in [-0.2, 0) is 4.79 Å². The Bertz CT molecular complexity index is 589. The van der Waals surface area contributed by atoms with Crippen molar-refractivity contribution in [3.05, 3.63) is 63.6 Å². The van der Waals surface area contributed by atoms with Gasteiger partial charge in [-0.3, -0.25) is 4.79 Å². The topological polar surface area (TPSA) is 49.3 Å². The van der Waals surface area contributed by atoms with Crippen molar-refractivity contribution in [3.8, 4) is 0 Å². The van der Waals surface area contributed by atoms with Crippen LogP contribution in [0.25, 0.3) is 0 Å². The van der Waals surface area contributed by atoms with E-state index in [9.17, 15) is 9.90 Å². The maximum absolute atomic E-state index is 12.0. The van der Waals surface area contributed by atoms with Crippen LogP contribution in [0.5, 0.6) is 0 Å². The van der Waals surface area contributed by atoms with Crippen molar-refractivity contribution in [1.29, 1.82) is 0 Å². The summed E-state index contributed by atoms with van der Waals surface area (Å²) in [6.45, 7) is 0. The zero-order valence-corrected chi connectivity index (χ0v) is 12.1. The lowest BCUT2D eigenvalue weighted by Gasteiger charge is -2.13. The second-order valence-electron chi connectivity index (χ2n) is 3.93. The highest BCUT2D eigenvalue weighted by atomic mass is 79.9. The number of aliphatic hydroxyl groups excluding tert-OH is 1. The lowest BCUT2D eigenvalue weighted by molar-refractivity contribution is -0.124. The zero-order chi connectivity index (χ0) is 13.8. The van der Waals surface area contributed by atoms with Gasteiger partial charge in [-0.1, -0.05) is 41.9 Å². The molecule has 0 spiro atoms. The van der Waals surface area contributed by atoms with E-state index in [-0.39, 0.29) is 0 Å². The maximum Gasteiger partial charge on any atom is 0.257 e. The van der Waals surface area contributed by atoms with Crippen LogP contribution in [0, 0.1) is 0 Å². The third kappa shape index (κ3) is 3.56. The summed E-state index contributed by atoms with van der Waals surface area (Å²) in [5.41, 5.74) is 1.06. The summed E-state index contributed by atoms with van der Waals surface area (Å²) in [4.78, 5) is 12.0. The quantitative estimate of drug-likeness (QED) is 0.893. The molecule has 1 unspecified atom stereocenters. The number of carbonyl (C=O) groups is 1. The Hall–Kier alpha value is -1.36. The van der Waals surface area contributed by atoms with Gasteiger partial charge in [-0.15, -0.1) is 0 Å². The first-order chi connectivity index (χ1) is 9.08. The summed E-state index contributed by atoms with van der Waals surface area (Å²) in [6.07, 6.45) is -1.22. The van der Waals surface area contributed by atoms with Crippen molar-refractivity contribution in [3.63, 3.8) is 0 Å². The minimum Gasteiger partial charge on any atom is -0.378 e. The standard InChI is InChI=1S/C14H11BrClNO2/c15-11-7-6-10(16)8-12(11)17-14(19)13(18)9-4-2-1-3-5-9/h1-8,13,18H,(H,17,19). The van der Waals surface area contributed by atoms with Gasteiger partial charge in [0.2, 0.25) is 0 Å². The molecule has 2 N–H and O–H groups in total. The maximum atomic E-state index is 12.0. The minimum atomic E-state index is -1.22. The number of anilines is 1. The lowest BCUT2D eigenvalue weighted by atomic mass is 10.1. The Kier molecular flexibility index (Phi) is 4.58. The van der Waals surface area contributed by atoms with Crippen molar-refractivity contribution in [2.45, 2.75) is 6.10 Å². The highest BCUT2D eigenvalue weighted by Gasteiger charge is 2.17. The number of halogens is 2. The van der Waals surface area contributed by atoms with Crippen LogP contribution in [0.1, 0.15) is 11.7 Å². The molecule has 0 saturated heterocycles. The second-order valence-corrected chi connectivity index (χ2v) is 5.22. The van der Waals surface area contributed by atoms with Gasteiger partial charge in [0, 0.05) is 9.50 Å². The number of hydrogen-bond donors (Lipinski definition) is 2. The molecule has 5 heteroatoms. The third-order valence-corrected chi connectivity index (χ3v) is 3.48. The lowest BCUT2D eigenvalue weighted by Crippen LogP contribution is -2.20. The van der Waals surface area contributed by atoms with Gasteiger partial charge >= 0.3 is 0 Å². The van der Waals surface area contributed by atoms with E-state index in [2.05, 4.69) is 21.2 Å². The van der Waals surface area contributed by atoms with E-state index in [4.69, 9.17) is 11.6 Å². The summed E-state index contributed by atoms with van der Waals surface area (Å²) >= 11 is 9.17. The van der Waals surface area contributed by atoms with Crippen molar-refractivity contribution in [1.82, 2.24) is 0 Å². The van der Waals surface area contributed by atoms with Crippen LogP contribution >= 0.6 is 27.5 Å². The van der Waals surface area contributed by atoms with E-state index in [0.717, 1.165) is 0 Å². The average molecular weight is 341 g/mol. The van der Waals surface area contributed by atoms with Gasteiger partial charge in [-0.05, 0) is 39.7 Å². The number of aliphatic hydroxyl groups is 1. The molecule has 2 aromatic carbocycles. The molecule has 0 fully saturated rings. The summed E-state index contributed by atoms with van der Waals surface area (Å²) in [5, 5.41) is 13.1. The van der Waals surface area contributed by atoms with Crippen molar-refractivity contribution in [2.75, 3.05) is 5.32 Å². The van der Waals surface area contributed by atoms with E-state index in [1.165, 1.54) is 0 Å². The molecule has 0 aromatic heterocycles. The van der Waals surface area contributed by atoms with Crippen LogP contribution in [-0.4, -0.2) is 11.0 Å². The molecule has 98 valence electrons. The Morgan fingerprint density at radius 3 is 2.58 bits per heavy atom. The molecule has 0 heterocycles. The molecule has 1 atom stereocenters. The minimum absolute atomic E-state index is 0.505. The van der Waals surface area contributed by atoms with E-state index < -0.39 is 12.0 Å². The van der Waals surface area contributed by atoms with Gasteiger partial charge in [0.15, 0.2) is 6.10 Å². The number of rotatable bonds is 3. The van der Waals surface area contributed by atoms with E-state index in [1.807, 2.05) is 6.07 Å². The van der Waals surface area contributed by atoms with Crippen LogP contribution in [0.3, 0.4) is 0 Å². The van der Waals surface area contributed by atoms with Gasteiger partial charge < -0.3 is 10.4 Å². The monoisotopic (exact) mass is 339 g/mol. The Balaban J connectivity index is 2.15.